The number of aromatic amines is 1. The van der Waals surface area contributed by atoms with Gasteiger partial charge in [-0.3, -0.25) is 14.6 Å². The molecule has 1 saturated heterocycles. The maximum absolute atomic E-state index is 12.6. The largest absolute Gasteiger partial charge is 0.479 e. The van der Waals surface area contributed by atoms with Gasteiger partial charge in [-0.25, -0.2) is 0 Å². The molecule has 1 amide bonds. The minimum absolute atomic E-state index is 0.173. The molecule has 0 bridgehead atoms. The lowest BCUT2D eigenvalue weighted by molar-refractivity contribution is -0.128. The van der Waals surface area contributed by atoms with E-state index in [4.69, 9.17) is 9.47 Å². The molecule has 0 aliphatic carbocycles. The fourth-order valence-corrected chi connectivity index (χ4v) is 3.34. The number of rotatable bonds is 5. The smallest absolute Gasteiger partial charge is 0.261 e. The van der Waals surface area contributed by atoms with Gasteiger partial charge in [0, 0.05) is 24.3 Å². The number of nitrogens with zero attached hydrogens (tertiary/aromatic N) is 1. The van der Waals surface area contributed by atoms with E-state index in [9.17, 15) is 9.59 Å². The Morgan fingerprint density at radius 1 is 1.32 bits per heavy atom. The minimum Gasteiger partial charge on any atom is -0.479 e. The van der Waals surface area contributed by atoms with Gasteiger partial charge in [-0.2, -0.15) is 0 Å². The fourth-order valence-electron chi connectivity index (χ4n) is 3.34. The molecule has 0 unspecified atom stereocenters. The van der Waals surface area contributed by atoms with E-state index in [0.29, 0.717) is 18.8 Å². The quantitative estimate of drug-likeness (QED) is 0.710. The predicted octanol–water partition coefficient (Wildman–Crippen LogP) is 2.34. The normalized spacial score (nSPS) is 20.0. The Morgan fingerprint density at radius 2 is 2.18 bits per heavy atom. The van der Waals surface area contributed by atoms with Crippen LogP contribution >= 0.6 is 0 Å². The number of amides is 1. The number of H-pyrrole nitrogens is 1. The number of benzene rings is 1. The number of ether oxygens (including phenoxy) is 2. The average Bonchev–Trinajstić information content (AvgIpc) is 3.16. The average molecular weight is 379 g/mol. The summed E-state index contributed by atoms with van der Waals surface area (Å²) in [5.41, 5.74) is 1.53. The summed E-state index contributed by atoms with van der Waals surface area (Å²) in [4.78, 5) is 30.9. The zero-order valence-electron chi connectivity index (χ0n) is 15.4. The number of hydrogen-bond donors (Lipinski definition) is 2. The van der Waals surface area contributed by atoms with E-state index in [1.165, 1.54) is 6.07 Å². The molecule has 1 aliphatic rings. The first-order valence-electron chi connectivity index (χ1n) is 9.22. The van der Waals surface area contributed by atoms with Crippen molar-refractivity contribution in [1.82, 2.24) is 15.3 Å². The van der Waals surface area contributed by atoms with Gasteiger partial charge in [-0.1, -0.05) is 18.2 Å². The molecule has 28 heavy (non-hydrogen) atoms. The molecule has 3 aromatic rings. The van der Waals surface area contributed by atoms with E-state index in [2.05, 4.69) is 15.3 Å². The third-order valence-electron chi connectivity index (χ3n) is 4.80. The van der Waals surface area contributed by atoms with Gasteiger partial charge in [-0.15, -0.1) is 0 Å². The third-order valence-corrected chi connectivity index (χ3v) is 4.80. The number of pyridine rings is 2. The van der Waals surface area contributed by atoms with E-state index < -0.39 is 6.10 Å². The highest BCUT2D eigenvalue weighted by atomic mass is 16.5. The van der Waals surface area contributed by atoms with Crippen molar-refractivity contribution in [3.63, 3.8) is 0 Å². The number of hydrogen-bond acceptors (Lipinski definition) is 5. The molecule has 1 aromatic carbocycles. The van der Waals surface area contributed by atoms with Crippen molar-refractivity contribution in [3.8, 4) is 5.75 Å². The van der Waals surface area contributed by atoms with Gasteiger partial charge >= 0.3 is 0 Å². The van der Waals surface area contributed by atoms with Crippen LogP contribution in [0.15, 0.2) is 59.7 Å². The molecular weight excluding hydrogens is 358 g/mol. The summed E-state index contributed by atoms with van der Waals surface area (Å²) in [6.45, 7) is 2.24. The van der Waals surface area contributed by atoms with Crippen molar-refractivity contribution >= 4 is 16.8 Å². The number of para-hydroxylation sites is 1. The van der Waals surface area contributed by atoms with Crippen molar-refractivity contribution in [2.45, 2.75) is 31.6 Å². The van der Waals surface area contributed by atoms with Crippen molar-refractivity contribution in [2.75, 3.05) is 6.61 Å². The molecule has 144 valence electrons. The summed E-state index contributed by atoms with van der Waals surface area (Å²) < 4.78 is 11.5. The number of carbonyl (C=O) groups is 1. The fraction of sp³-hybridized carbons (Fsp3) is 0.286. The van der Waals surface area contributed by atoms with E-state index in [1.54, 1.807) is 25.4 Å². The zero-order chi connectivity index (χ0) is 19.5. The SMILES string of the molecule is C[C@@H](Oc1cnc2ccccc2c1)C(=O)N[C@H]1CCO[C@@H]1c1ccc(=O)[nH]c1. The van der Waals surface area contributed by atoms with E-state index in [0.717, 1.165) is 16.5 Å². The second kappa shape index (κ2) is 7.82. The Labute approximate surface area is 161 Å². The van der Waals surface area contributed by atoms with Crippen LogP contribution in [-0.4, -0.2) is 34.6 Å². The molecule has 3 atom stereocenters. The Kier molecular flexibility index (Phi) is 5.08. The van der Waals surface area contributed by atoms with Gasteiger partial charge in [0.05, 0.1) is 17.8 Å². The molecular formula is C21H21N3O4. The molecule has 3 heterocycles. The summed E-state index contributed by atoms with van der Waals surface area (Å²) in [7, 11) is 0. The Balaban J connectivity index is 1.41. The molecule has 2 N–H and O–H groups in total. The zero-order valence-corrected chi connectivity index (χ0v) is 15.4. The summed E-state index contributed by atoms with van der Waals surface area (Å²) in [5, 5.41) is 3.95. The standard InChI is InChI=1S/C21H21N3O4/c1-13(28-16-10-14-4-2-3-5-17(14)22-12-16)21(26)24-18-8-9-27-20(18)15-6-7-19(25)23-11-15/h2-7,10-13,18,20H,8-9H2,1H3,(H,23,25)(H,24,26)/t13-,18+,20-/m1/s1. The van der Waals surface area contributed by atoms with Gasteiger partial charge in [0.15, 0.2) is 6.10 Å². The van der Waals surface area contributed by atoms with Crippen molar-refractivity contribution in [2.24, 2.45) is 0 Å². The van der Waals surface area contributed by atoms with Gasteiger partial charge < -0.3 is 19.8 Å². The molecule has 0 spiro atoms. The Morgan fingerprint density at radius 3 is 3.00 bits per heavy atom. The summed E-state index contributed by atoms with van der Waals surface area (Å²) in [5.74, 6) is 0.319. The molecule has 0 saturated carbocycles. The number of carbonyl (C=O) groups excluding carboxylic acids is 1. The molecule has 7 nitrogen and oxygen atoms in total. The maximum atomic E-state index is 12.6. The topological polar surface area (TPSA) is 93.3 Å². The van der Waals surface area contributed by atoms with Crippen molar-refractivity contribution in [3.05, 3.63) is 70.8 Å². The molecule has 0 radical (unpaired) electrons. The Bertz CT molecular complexity index is 1030. The van der Waals surface area contributed by atoms with Crippen LogP contribution in [0, 0.1) is 0 Å². The van der Waals surface area contributed by atoms with E-state index in [1.807, 2.05) is 30.3 Å². The lowest BCUT2D eigenvalue weighted by Crippen LogP contribution is -2.43. The van der Waals surface area contributed by atoms with E-state index >= 15 is 0 Å². The Hall–Kier alpha value is -3.19. The maximum Gasteiger partial charge on any atom is 0.261 e. The first-order valence-corrected chi connectivity index (χ1v) is 9.22. The van der Waals surface area contributed by atoms with Crippen LogP contribution in [0.4, 0.5) is 0 Å². The molecule has 2 aromatic heterocycles. The second-order valence-corrected chi connectivity index (χ2v) is 6.81. The van der Waals surface area contributed by atoms with Crippen LogP contribution in [0.3, 0.4) is 0 Å². The summed E-state index contributed by atoms with van der Waals surface area (Å²) in [6.07, 6.45) is 2.96. The van der Waals surface area contributed by atoms with Gasteiger partial charge in [0.2, 0.25) is 5.56 Å². The van der Waals surface area contributed by atoms with Crippen molar-refractivity contribution in [1.29, 1.82) is 0 Å². The second-order valence-electron chi connectivity index (χ2n) is 6.81. The first kappa shape index (κ1) is 18.2. The number of aromatic nitrogens is 2. The van der Waals surface area contributed by atoms with Crippen LogP contribution in [-0.2, 0) is 9.53 Å². The highest BCUT2D eigenvalue weighted by Crippen LogP contribution is 2.28. The minimum atomic E-state index is -0.681. The van der Waals surface area contributed by atoms with Crippen LogP contribution in [0.5, 0.6) is 5.75 Å². The molecule has 7 heteroatoms. The molecule has 1 aliphatic heterocycles. The van der Waals surface area contributed by atoms with Crippen molar-refractivity contribution < 1.29 is 14.3 Å². The van der Waals surface area contributed by atoms with Crippen LogP contribution in [0.1, 0.15) is 25.0 Å². The number of fused-ring (bicyclic) bond motifs is 1. The monoisotopic (exact) mass is 379 g/mol. The van der Waals surface area contributed by atoms with Gasteiger partial charge in [-0.05, 0) is 37.1 Å². The van der Waals surface area contributed by atoms with E-state index in [-0.39, 0.29) is 23.6 Å². The summed E-state index contributed by atoms with van der Waals surface area (Å²) in [6, 6.07) is 12.6. The number of nitrogens with one attached hydrogen (secondary N) is 2. The third kappa shape index (κ3) is 3.89. The highest BCUT2D eigenvalue weighted by molar-refractivity contribution is 5.82. The van der Waals surface area contributed by atoms with Gasteiger partial charge in [0.1, 0.15) is 11.9 Å². The molecule has 4 rings (SSSR count). The lowest BCUT2D eigenvalue weighted by Gasteiger charge is -2.22. The van der Waals surface area contributed by atoms with Gasteiger partial charge in [0.25, 0.3) is 5.91 Å². The van der Waals surface area contributed by atoms with Crippen LogP contribution in [0.25, 0.3) is 10.9 Å². The van der Waals surface area contributed by atoms with Crippen LogP contribution in [0.2, 0.25) is 0 Å². The van der Waals surface area contributed by atoms with Crippen LogP contribution < -0.4 is 15.6 Å². The first-order chi connectivity index (χ1) is 13.6. The predicted molar refractivity (Wildman–Crippen MR) is 104 cm³/mol. The lowest BCUT2D eigenvalue weighted by atomic mass is 10.0. The molecule has 1 fully saturated rings. The summed E-state index contributed by atoms with van der Waals surface area (Å²) >= 11 is 0. The highest BCUT2D eigenvalue weighted by Gasteiger charge is 2.32.